The van der Waals surface area contributed by atoms with Crippen LogP contribution in [0.15, 0.2) is 36.4 Å². The molecule has 32 heavy (non-hydrogen) atoms. The molecule has 2 aromatic carbocycles. The van der Waals surface area contributed by atoms with Crippen LogP contribution in [0.5, 0.6) is 0 Å². The fourth-order valence-electron chi connectivity index (χ4n) is 3.13. The first-order valence-electron chi connectivity index (χ1n) is 9.18. The molecule has 1 aromatic heterocycles. The molecule has 0 fully saturated rings. The predicted octanol–water partition coefficient (Wildman–Crippen LogP) is 4.48. The molecule has 170 valence electrons. The molecular weight excluding hydrogens is 442 g/mol. The van der Waals surface area contributed by atoms with Crippen LogP contribution < -0.4 is 10.9 Å². The van der Waals surface area contributed by atoms with E-state index in [1.165, 1.54) is 12.1 Å². The van der Waals surface area contributed by atoms with Crippen LogP contribution in [0.2, 0.25) is 0 Å². The standard InChI is InChI=1S/C20H16F6N4O2/c1-3-30-10(2)27-15-8-11(4-5-16(15)30)17(31)28-29-18(32)12-6-13(19(21,22)23)9-14(7-12)20(24,25)26/h4-9H,3H2,1-2H3,(H,28,31)(H,29,32). The number of amides is 2. The Hall–Kier alpha value is -3.57. The van der Waals surface area contributed by atoms with E-state index >= 15 is 0 Å². The number of nitrogens with one attached hydrogen (secondary N) is 2. The molecule has 0 aliphatic carbocycles. The van der Waals surface area contributed by atoms with Crippen LogP contribution in [0, 0.1) is 6.92 Å². The van der Waals surface area contributed by atoms with Crippen molar-refractivity contribution in [2.75, 3.05) is 0 Å². The summed E-state index contributed by atoms with van der Waals surface area (Å²) in [5, 5.41) is 0. The van der Waals surface area contributed by atoms with E-state index in [1.807, 2.05) is 22.3 Å². The maximum absolute atomic E-state index is 12.9. The number of aromatic nitrogens is 2. The van der Waals surface area contributed by atoms with Crippen LogP contribution in [0.3, 0.4) is 0 Å². The van der Waals surface area contributed by atoms with E-state index in [1.54, 1.807) is 13.0 Å². The zero-order valence-electron chi connectivity index (χ0n) is 16.6. The van der Waals surface area contributed by atoms with Gasteiger partial charge in [0.2, 0.25) is 0 Å². The van der Waals surface area contributed by atoms with Gasteiger partial charge in [0, 0.05) is 17.7 Å². The minimum absolute atomic E-state index is 0.0820. The van der Waals surface area contributed by atoms with Gasteiger partial charge in [-0.25, -0.2) is 4.98 Å². The quantitative estimate of drug-likeness (QED) is 0.449. The highest BCUT2D eigenvalue weighted by atomic mass is 19.4. The van der Waals surface area contributed by atoms with Gasteiger partial charge in [-0.1, -0.05) is 0 Å². The third kappa shape index (κ3) is 4.68. The van der Waals surface area contributed by atoms with Gasteiger partial charge in [0.1, 0.15) is 5.82 Å². The molecule has 0 atom stereocenters. The average Bonchev–Trinajstić information content (AvgIpc) is 3.04. The van der Waals surface area contributed by atoms with Gasteiger partial charge < -0.3 is 4.57 Å². The maximum atomic E-state index is 12.9. The van der Waals surface area contributed by atoms with Crippen LogP contribution in [0.1, 0.15) is 44.6 Å². The van der Waals surface area contributed by atoms with Gasteiger partial charge in [0.15, 0.2) is 0 Å². The summed E-state index contributed by atoms with van der Waals surface area (Å²) < 4.78 is 79.6. The van der Waals surface area contributed by atoms with Gasteiger partial charge >= 0.3 is 12.4 Å². The molecule has 0 spiro atoms. The molecule has 2 amide bonds. The Labute approximate surface area is 177 Å². The molecular formula is C20H16F6N4O2. The van der Waals surface area contributed by atoms with Crippen molar-refractivity contribution < 1.29 is 35.9 Å². The Morgan fingerprint density at radius 2 is 1.41 bits per heavy atom. The summed E-state index contributed by atoms with van der Waals surface area (Å²) in [5.74, 6) is -1.45. The second-order valence-electron chi connectivity index (χ2n) is 6.81. The number of alkyl halides is 6. The van der Waals surface area contributed by atoms with Gasteiger partial charge in [0.05, 0.1) is 22.2 Å². The summed E-state index contributed by atoms with van der Waals surface area (Å²) in [5.41, 5.74) is 0.973. The van der Waals surface area contributed by atoms with Crippen LogP contribution >= 0.6 is 0 Å². The fraction of sp³-hybridized carbons (Fsp3) is 0.250. The molecule has 0 aliphatic rings. The smallest absolute Gasteiger partial charge is 0.329 e. The number of benzene rings is 2. The number of fused-ring (bicyclic) bond motifs is 1. The van der Waals surface area contributed by atoms with E-state index in [-0.39, 0.29) is 23.8 Å². The molecule has 0 aliphatic heterocycles. The molecule has 3 aromatic rings. The average molecular weight is 458 g/mol. The normalized spacial score (nSPS) is 12.1. The van der Waals surface area contributed by atoms with E-state index in [4.69, 9.17) is 0 Å². The van der Waals surface area contributed by atoms with E-state index in [2.05, 4.69) is 4.98 Å². The van der Waals surface area contributed by atoms with E-state index < -0.39 is 40.9 Å². The molecule has 0 bridgehead atoms. The predicted molar refractivity (Wildman–Crippen MR) is 102 cm³/mol. The first-order chi connectivity index (χ1) is 14.8. The lowest BCUT2D eigenvalue weighted by Gasteiger charge is -2.14. The lowest BCUT2D eigenvalue weighted by atomic mass is 10.0. The highest BCUT2D eigenvalue weighted by molar-refractivity contribution is 6.00. The van der Waals surface area contributed by atoms with Crippen molar-refractivity contribution in [2.45, 2.75) is 32.7 Å². The number of hydrogen-bond donors (Lipinski definition) is 2. The minimum Gasteiger partial charge on any atom is -0.329 e. The van der Waals surface area contributed by atoms with Gasteiger partial charge in [-0.3, -0.25) is 20.4 Å². The molecule has 0 unspecified atom stereocenters. The molecule has 2 N–H and O–H groups in total. The Morgan fingerprint density at radius 1 is 0.875 bits per heavy atom. The molecule has 6 nitrogen and oxygen atoms in total. The van der Waals surface area contributed by atoms with Crippen molar-refractivity contribution in [3.8, 4) is 0 Å². The highest BCUT2D eigenvalue weighted by Crippen LogP contribution is 2.36. The Morgan fingerprint density at radius 3 is 1.91 bits per heavy atom. The van der Waals surface area contributed by atoms with Crippen LogP contribution in [-0.4, -0.2) is 21.4 Å². The van der Waals surface area contributed by atoms with E-state index in [0.717, 1.165) is 11.3 Å². The number of imidazole rings is 1. The summed E-state index contributed by atoms with van der Waals surface area (Å²) in [6, 6.07) is 4.97. The largest absolute Gasteiger partial charge is 0.416 e. The topological polar surface area (TPSA) is 76.0 Å². The lowest BCUT2D eigenvalue weighted by Crippen LogP contribution is -2.41. The summed E-state index contributed by atoms with van der Waals surface area (Å²) in [7, 11) is 0. The van der Waals surface area contributed by atoms with Crippen molar-refractivity contribution in [3.63, 3.8) is 0 Å². The van der Waals surface area contributed by atoms with Crippen LogP contribution in [-0.2, 0) is 18.9 Å². The number of carbonyl (C=O) groups excluding carboxylic acids is 2. The number of halogens is 6. The van der Waals surface area contributed by atoms with Crippen molar-refractivity contribution in [1.29, 1.82) is 0 Å². The highest BCUT2D eigenvalue weighted by Gasteiger charge is 2.37. The second-order valence-corrected chi connectivity index (χ2v) is 6.81. The molecule has 3 rings (SSSR count). The van der Waals surface area contributed by atoms with Crippen LogP contribution in [0.4, 0.5) is 26.3 Å². The molecule has 0 radical (unpaired) electrons. The SMILES string of the molecule is CCn1c(C)nc2cc(C(=O)NNC(=O)c3cc(C(F)(F)F)cc(C(F)(F)F)c3)ccc21. The minimum atomic E-state index is -5.10. The van der Waals surface area contributed by atoms with Gasteiger partial charge in [-0.2, -0.15) is 26.3 Å². The van der Waals surface area contributed by atoms with Gasteiger partial charge in [0.25, 0.3) is 11.8 Å². The number of hydrazine groups is 1. The Balaban J connectivity index is 1.80. The number of hydrogen-bond acceptors (Lipinski definition) is 3. The fourth-order valence-corrected chi connectivity index (χ4v) is 3.13. The van der Waals surface area contributed by atoms with Crippen molar-refractivity contribution >= 4 is 22.8 Å². The third-order valence-corrected chi connectivity index (χ3v) is 4.66. The third-order valence-electron chi connectivity index (χ3n) is 4.66. The zero-order valence-corrected chi connectivity index (χ0v) is 16.6. The monoisotopic (exact) mass is 458 g/mol. The molecule has 0 saturated carbocycles. The molecule has 12 heteroatoms. The summed E-state index contributed by atoms with van der Waals surface area (Å²) >= 11 is 0. The molecule has 0 saturated heterocycles. The summed E-state index contributed by atoms with van der Waals surface area (Å²) in [4.78, 5) is 28.8. The van der Waals surface area contributed by atoms with Crippen molar-refractivity contribution in [3.05, 3.63) is 64.5 Å². The lowest BCUT2D eigenvalue weighted by molar-refractivity contribution is -0.143. The van der Waals surface area contributed by atoms with E-state index in [9.17, 15) is 35.9 Å². The molecule has 1 heterocycles. The Kier molecular flexibility index (Phi) is 5.90. The number of rotatable bonds is 3. The van der Waals surface area contributed by atoms with Crippen molar-refractivity contribution in [2.24, 2.45) is 0 Å². The number of nitrogens with zero attached hydrogens (tertiary/aromatic N) is 2. The summed E-state index contributed by atoms with van der Waals surface area (Å²) in [6.07, 6.45) is -10.2. The number of aryl methyl sites for hydroxylation is 2. The first-order valence-corrected chi connectivity index (χ1v) is 9.18. The second kappa shape index (κ2) is 8.17. The number of carbonyl (C=O) groups is 2. The van der Waals surface area contributed by atoms with Gasteiger partial charge in [-0.15, -0.1) is 0 Å². The first kappa shape index (κ1) is 23.1. The van der Waals surface area contributed by atoms with Gasteiger partial charge in [-0.05, 0) is 50.2 Å². The zero-order chi connectivity index (χ0) is 23.8. The maximum Gasteiger partial charge on any atom is 0.416 e. The Bertz CT molecular complexity index is 1160. The van der Waals surface area contributed by atoms with Crippen LogP contribution in [0.25, 0.3) is 11.0 Å². The van der Waals surface area contributed by atoms with E-state index in [0.29, 0.717) is 12.1 Å². The summed E-state index contributed by atoms with van der Waals surface area (Å²) in [6.45, 7) is 4.36. The van der Waals surface area contributed by atoms with Crippen molar-refractivity contribution in [1.82, 2.24) is 20.4 Å².